The van der Waals surface area contributed by atoms with E-state index < -0.39 is 16.0 Å². The van der Waals surface area contributed by atoms with Crippen LogP contribution in [-0.4, -0.2) is 38.9 Å². The number of fused-ring (bicyclic) bond motifs is 1. The standard InChI is InChI=1S/C23H20N2O4S/c1-29-23(26)17-9-7-16(8-10-17)22-12-20-15-25(14-19(20)11-18(22)13-24)30(27,28)21-5-3-2-4-6-21/h2-12,19,22H,14-15H2,1H3/t19-,22-/m1/s1. The molecule has 2 aliphatic rings. The average molecular weight is 420 g/mol. The lowest BCUT2D eigenvalue weighted by atomic mass is 9.81. The number of benzene rings is 2. The monoisotopic (exact) mass is 420 g/mol. The minimum atomic E-state index is -3.59. The molecule has 2 aromatic carbocycles. The highest BCUT2D eigenvalue weighted by molar-refractivity contribution is 7.89. The highest BCUT2D eigenvalue weighted by atomic mass is 32.2. The summed E-state index contributed by atoms with van der Waals surface area (Å²) < 4.78 is 32.1. The summed E-state index contributed by atoms with van der Waals surface area (Å²) in [5.74, 6) is -0.798. The van der Waals surface area contributed by atoms with Crippen molar-refractivity contribution < 1.29 is 17.9 Å². The summed E-state index contributed by atoms with van der Waals surface area (Å²) in [6.45, 7) is 0.621. The zero-order valence-corrected chi connectivity index (χ0v) is 17.2. The molecule has 1 fully saturated rings. The van der Waals surface area contributed by atoms with Gasteiger partial charge in [-0.15, -0.1) is 0 Å². The van der Waals surface area contributed by atoms with Crippen LogP contribution < -0.4 is 0 Å². The van der Waals surface area contributed by atoms with Gasteiger partial charge < -0.3 is 4.74 Å². The first kappa shape index (κ1) is 20.1. The van der Waals surface area contributed by atoms with Crippen LogP contribution in [0.2, 0.25) is 0 Å². The van der Waals surface area contributed by atoms with Crippen LogP contribution in [0.3, 0.4) is 0 Å². The van der Waals surface area contributed by atoms with Gasteiger partial charge in [0, 0.05) is 30.5 Å². The van der Waals surface area contributed by atoms with Crippen molar-refractivity contribution in [1.82, 2.24) is 4.31 Å². The Bertz CT molecular complexity index is 1180. The van der Waals surface area contributed by atoms with E-state index in [0.717, 1.165) is 11.1 Å². The van der Waals surface area contributed by atoms with E-state index in [1.54, 1.807) is 54.6 Å². The Morgan fingerprint density at radius 2 is 1.80 bits per heavy atom. The lowest BCUT2D eigenvalue weighted by Crippen LogP contribution is -2.28. The molecule has 2 aromatic rings. The van der Waals surface area contributed by atoms with Gasteiger partial charge in [0.15, 0.2) is 0 Å². The maximum Gasteiger partial charge on any atom is 0.337 e. The number of sulfonamides is 1. The fourth-order valence-electron chi connectivity index (χ4n) is 3.93. The largest absolute Gasteiger partial charge is 0.465 e. The minimum absolute atomic E-state index is 0.108. The quantitative estimate of drug-likeness (QED) is 0.560. The molecule has 1 aliphatic carbocycles. The Morgan fingerprint density at radius 1 is 1.10 bits per heavy atom. The van der Waals surface area contributed by atoms with E-state index >= 15 is 0 Å². The van der Waals surface area contributed by atoms with Crippen LogP contribution in [0.25, 0.3) is 0 Å². The number of nitriles is 1. The molecule has 152 valence electrons. The van der Waals surface area contributed by atoms with E-state index in [2.05, 4.69) is 6.07 Å². The van der Waals surface area contributed by atoms with Crippen molar-refractivity contribution >= 4 is 16.0 Å². The molecule has 30 heavy (non-hydrogen) atoms. The Balaban J connectivity index is 1.63. The molecule has 1 saturated heterocycles. The molecular weight excluding hydrogens is 400 g/mol. The third-order valence-corrected chi connectivity index (χ3v) is 7.36. The van der Waals surface area contributed by atoms with Gasteiger partial charge in [0.2, 0.25) is 10.0 Å². The van der Waals surface area contributed by atoms with Crippen molar-refractivity contribution in [2.75, 3.05) is 20.2 Å². The maximum atomic E-state index is 13.0. The SMILES string of the molecule is COC(=O)c1ccc([C@H]2C=C3CN(S(=O)(=O)c4ccccc4)C[C@H]3C=C2C#N)cc1. The second-order valence-electron chi connectivity index (χ2n) is 7.28. The Morgan fingerprint density at radius 3 is 2.43 bits per heavy atom. The second kappa shape index (κ2) is 7.90. The van der Waals surface area contributed by atoms with Crippen molar-refractivity contribution in [3.63, 3.8) is 0 Å². The van der Waals surface area contributed by atoms with E-state index in [-0.39, 0.29) is 16.7 Å². The molecule has 0 bridgehead atoms. The molecule has 7 heteroatoms. The first-order valence-corrected chi connectivity index (χ1v) is 10.9. The van der Waals surface area contributed by atoms with E-state index in [0.29, 0.717) is 24.2 Å². The zero-order valence-electron chi connectivity index (χ0n) is 16.4. The summed E-state index contributed by atoms with van der Waals surface area (Å²) in [4.78, 5) is 11.9. The lowest BCUT2D eigenvalue weighted by Gasteiger charge is -2.21. The second-order valence-corrected chi connectivity index (χ2v) is 9.22. The van der Waals surface area contributed by atoms with Gasteiger partial charge in [-0.2, -0.15) is 9.57 Å². The van der Waals surface area contributed by atoms with Crippen LogP contribution >= 0.6 is 0 Å². The highest BCUT2D eigenvalue weighted by Crippen LogP contribution is 2.39. The van der Waals surface area contributed by atoms with Crippen LogP contribution in [0.15, 0.2) is 82.8 Å². The number of methoxy groups -OCH3 is 1. The number of carbonyl (C=O) groups excluding carboxylic acids is 1. The van der Waals surface area contributed by atoms with Crippen molar-refractivity contribution in [2.24, 2.45) is 5.92 Å². The molecule has 0 amide bonds. The van der Waals surface area contributed by atoms with Crippen LogP contribution in [0, 0.1) is 17.2 Å². The number of hydrogen-bond acceptors (Lipinski definition) is 5. The van der Waals surface area contributed by atoms with E-state index in [1.807, 2.05) is 12.2 Å². The average Bonchev–Trinajstić information content (AvgIpc) is 3.22. The number of allylic oxidation sites excluding steroid dienone is 2. The number of rotatable bonds is 4. The van der Waals surface area contributed by atoms with Gasteiger partial charge >= 0.3 is 5.97 Å². The normalized spacial score (nSPS) is 21.2. The Kier molecular flexibility index (Phi) is 5.29. The molecule has 0 saturated carbocycles. The molecule has 0 spiro atoms. The number of esters is 1. The summed E-state index contributed by atoms with van der Waals surface area (Å²) in [7, 11) is -2.27. The Labute approximate surface area is 175 Å². The van der Waals surface area contributed by atoms with Crippen molar-refractivity contribution in [3.05, 3.63) is 89.0 Å². The molecule has 0 unspecified atom stereocenters. The molecule has 2 atom stereocenters. The first-order valence-electron chi connectivity index (χ1n) is 9.50. The van der Waals surface area contributed by atoms with Crippen LogP contribution in [-0.2, 0) is 14.8 Å². The summed E-state index contributed by atoms with van der Waals surface area (Å²) in [6.07, 6.45) is 3.85. The molecular formula is C23H20N2O4S. The van der Waals surface area contributed by atoms with Crippen LogP contribution in [0.4, 0.5) is 0 Å². The summed E-state index contributed by atoms with van der Waals surface area (Å²) in [6, 6.07) is 17.6. The first-order chi connectivity index (χ1) is 14.4. The molecule has 1 aliphatic heterocycles. The van der Waals surface area contributed by atoms with Crippen LogP contribution in [0.1, 0.15) is 21.8 Å². The van der Waals surface area contributed by atoms with E-state index in [4.69, 9.17) is 4.74 Å². The van der Waals surface area contributed by atoms with E-state index in [1.165, 1.54) is 11.4 Å². The smallest absolute Gasteiger partial charge is 0.337 e. The van der Waals surface area contributed by atoms with Gasteiger partial charge in [-0.1, -0.05) is 42.5 Å². The van der Waals surface area contributed by atoms with Gasteiger partial charge in [-0.05, 0) is 35.4 Å². The summed E-state index contributed by atoms with van der Waals surface area (Å²) in [5.41, 5.74) is 2.86. The van der Waals surface area contributed by atoms with Gasteiger partial charge in [-0.25, -0.2) is 13.2 Å². The highest BCUT2D eigenvalue weighted by Gasteiger charge is 2.37. The molecule has 0 radical (unpaired) electrons. The maximum absolute atomic E-state index is 13.0. The van der Waals surface area contributed by atoms with Gasteiger partial charge in [0.1, 0.15) is 0 Å². The predicted octanol–water partition coefficient (Wildman–Crippen LogP) is 3.27. The summed E-state index contributed by atoms with van der Waals surface area (Å²) in [5, 5.41) is 9.67. The van der Waals surface area contributed by atoms with Crippen molar-refractivity contribution in [1.29, 1.82) is 5.26 Å². The number of ether oxygens (including phenoxy) is 1. The number of nitrogens with zero attached hydrogens (tertiary/aromatic N) is 2. The zero-order chi connectivity index (χ0) is 21.3. The molecule has 6 nitrogen and oxygen atoms in total. The fraction of sp³-hybridized carbons (Fsp3) is 0.217. The minimum Gasteiger partial charge on any atom is -0.465 e. The number of carbonyl (C=O) groups is 1. The number of hydrogen-bond donors (Lipinski definition) is 0. The summed E-state index contributed by atoms with van der Waals surface area (Å²) >= 11 is 0. The molecule has 0 N–H and O–H groups in total. The van der Waals surface area contributed by atoms with Crippen molar-refractivity contribution in [2.45, 2.75) is 10.8 Å². The van der Waals surface area contributed by atoms with Gasteiger partial charge in [0.25, 0.3) is 0 Å². The molecule has 0 aromatic heterocycles. The molecule has 1 heterocycles. The van der Waals surface area contributed by atoms with Crippen molar-refractivity contribution in [3.8, 4) is 6.07 Å². The Hall–Kier alpha value is -3.21. The van der Waals surface area contributed by atoms with Gasteiger partial charge in [0.05, 0.1) is 23.6 Å². The fourth-order valence-corrected chi connectivity index (χ4v) is 5.41. The molecule has 4 rings (SSSR count). The third-order valence-electron chi connectivity index (χ3n) is 5.53. The van der Waals surface area contributed by atoms with Crippen LogP contribution in [0.5, 0.6) is 0 Å². The van der Waals surface area contributed by atoms with E-state index in [9.17, 15) is 18.5 Å². The lowest BCUT2D eigenvalue weighted by molar-refractivity contribution is 0.0600. The predicted molar refractivity (Wildman–Crippen MR) is 111 cm³/mol. The third kappa shape index (κ3) is 3.56. The topological polar surface area (TPSA) is 87.5 Å². The van der Waals surface area contributed by atoms with Gasteiger partial charge in [-0.3, -0.25) is 0 Å².